The van der Waals surface area contributed by atoms with Crippen LogP contribution in [0.1, 0.15) is 16.7 Å². The van der Waals surface area contributed by atoms with Crippen molar-refractivity contribution in [1.29, 1.82) is 0 Å². The molecule has 5 nitrogen and oxygen atoms in total. The Morgan fingerprint density at radius 2 is 1.34 bits per heavy atom. The molecule has 10 heteroatoms. The van der Waals surface area contributed by atoms with Crippen molar-refractivity contribution >= 4 is 56.5 Å². The lowest BCUT2D eigenvalue weighted by atomic mass is 9.83. The zero-order valence-electron chi connectivity index (χ0n) is 14.3. The monoisotopic (exact) mass is 492 g/mol. The van der Waals surface area contributed by atoms with Crippen LogP contribution in [0.4, 0.5) is 0 Å². The Balaban J connectivity index is 2.66. The van der Waals surface area contributed by atoms with E-state index in [0.717, 1.165) is 24.3 Å². The minimum atomic E-state index is -5.14. The van der Waals surface area contributed by atoms with Gasteiger partial charge in [0.1, 0.15) is 11.5 Å². The molecule has 0 spiro atoms. The van der Waals surface area contributed by atoms with Crippen molar-refractivity contribution in [1.82, 2.24) is 0 Å². The predicted octanol–water partition coefficient (Wildman–Crippen LogP) is 5.89. The van der Waals surface area contributed by atoms with Crippen LogP contribution >= 0.6 is 46.4 Å². The second kappa shape index (κ2) is 7.87. The van der Waals surface area contributed by atoms with E-state index in [0.29, 0.717) is 0 Å². The number of rotatable bonds is 4. The number of phenolic OH excluding ortho intramolecular Hbond substituents is 2. The van der Waals surface area contributed by atoms with Gasteiger partial charge in [-0.3, -0.25) is 4.55 Å². The van der Waals surface area contributed by atoms with Crippen LogP contribution in [-0.4, -0.2) is 23.2 Å². The SMILES string of the molecule is O=S(=O)(O)C(c1cc(Cl)ccc1O)(c1ccccc1Cl)c1cc(O)c(Cl)cc1Cl. The minimum Gasteiger partial charge on any atom is -0.508 e. The molecule has 0 bridgehead atoms. The maximum absolute atomic E-state index is 13.0. The van der Waals surface area contributed by atoms with E-state index in [1.807, 2.05) is 0 Å². The van der Waals surface area contributed by atoms with E-state index >= 15 is 0 Å². The molecule has 0 aromatic heterocycles. The molecule has 0 saturated carbocycles. The highest BCUT2D eigenvalue weighted by Crippen LogP contribution is 2.52. The van der Waals surface area contributed by atoms with Crippen molar-refractivity contribution < 1.29 is 23.2 Å². The number of aromatic hydroxyl groups is 2. The molecule has 0 aliphatic carbocycles. The summed E-state index contributed by atoms with van der Waals surface area (Å²) >= 11 is 24.6. The summed E-state index contributed by atoms with van der Waals surface area (Å²) in [5, 5.41) is 20.4. The fourth-order valence-electron chi connectivity index (χ4n) is 3.20. The van der Waals surface area contributed by atoms with Crippen molar-refractivity contribution in [3.05, 3.63) is 91.4 Å². The molecule has 3 aromatic rings. The smallest absolute Gasteiger partial charge is 0.283 e. The summed E-state index contributed by atoms with van der Waals surface area (Å²) in [5.41, 5.74) is -0.719. The number of hydrogen-bond donors (Lipinski definition) is 3. The molecule has 0 aliphatic heterocycles. The van der Waals surface area contributed by atoms with Crippen molar-refractivity contribution in [2.45, 2.75) is 4.75 Å². The highest BCUT2D eigenvalue weighted by molar-refractivity contribution is 7.87. The van der Waals surface area contributed by atoms with Crippen LogP contribution in [0.5, 0.6) is 11.5 Å². The summed E-state index contributed by atoms with van der Waals surface area (Å²) < 4.78 is 33.9. The van der Waals surface area contributed by atoms with E-state index in [4.69, 9.17) is 46.4 Å². The lowest BCUT2D eigenvalue weighted by Crippen LogP contribution is -2.39. The number of halogens is 4. The van der Waals surface area contributed by atoms with Crippen molar-refractivity contribution in [3.8, 4) is 11.5 Å². The Bertz CT molecular complexity index is 1210. The molecule has 0 amide bonds. The summed E-state index contributed by atoms with van der Waals surface area (Å²) in [6.07, 6.45) is 0. The van der Waals surface area contributed by atoms with Crippen LogP contribution in [-0.2, 0) is 14.9 Å². The number of hydrogen-bond acceptors (Lipinski definition) is 4. The average Bonchev–Trinajstić information content (AvgIpc) is 2.63. The third-order valence-electron chi connectivity index (χ3n) is 4.39. The molecule has 3 rings (SSSR count). The van der Waals surface area contributed by atoms with Gasteiger partial charge in [-0.25, -0.2) is 0 Å². The Hall–Kier alpha value is -1.67. The van der Waals surface area contributed by atoms with Gasteiger partial charge in [0, 0.05) is 31.8 Å². The summed E-state index contributed by atoms with van der Waals surface area (Å²) in [7, 11) is -5.14. The summed E-state index contributed by atoms with van der Waals surface area (Å²) in [5.74, 6) is -0.995. The normalized spacial score (nSPS) is 13.8. The lowest BCUT2D eigenvalue weighted by molar-refractivity contribution is 0.439. The van der Waals surface area contributed by atoms with Crippen LogP contribution in [0.2, 0.25) is 20.1 Å². The van der Waals surface area contributed by atoms with Crippen molar-refractivity contribution in [2.24, 2.45) is 0 Å². The first-order valence-electron chi connectivity index (χ1n) is 7.89. The predicted molar refractivity (Wildman–Crippen MR) is 114 cm³/mol. The Kier molecular flexibility index (Phi) is 5.98. The van der Waals surface area contributed by atoms with E-state index in [9.17, 15) is 23.2 Å². The van der Waals surface area contributed by atoms with Crippen LogP contribution in [0.15, 0.2) is 54.6 Å². The van der Waals surface area contributed by atoms with Gasteiger partial charge in [0.15, 0.2) is 4.75 Å². The molecule has 0 heterocycles. The summed E-state index contributed by atoms with van der Waals surface area (Å²) in [6, 6.07) is 11.6. The van der Waals surface area contributed by atoms with Gasteiger partial charge in [0.2, 0.25) is 0 Å². The zero-order chi connectivity index (χ0) is 21.6. The van der Waals surface area contributed by atoms with Crippen LogP contribution in [0.3, 0.4) is 0 Å². The third-order valence-corrected chi connectivity index (χ3v) is 7.01. The first-order chi connectivity index (χ1) is 13.5. The van der Waals surface area contributed by atoms with Crippen molar-refractivity contribution in [3.63, 3.8) is 0 Å². The minimum absolute atomic E-state index is 0.0463. The van der Waals surface area contributed by atoms with Gasteiger partial charge in [-0.1, -0.05) is 64.6 Å². The second-order valence-electron chi connectivity index (χ2n) is 6.08. The first-order valence-corrected chi connectivity index (χ1v) is 10.8. The topological polar surface area (TPSA) is 94.8 Å². The van der Waals surface area contributed by atoms with Crippen LogP contribution < -0.4 is 0 Å². The lowest BCUT2D eigenvalue weighted by Gasteiger charge is -2.34. The highest BCUT2D eigenvalue weighted by Gasteiger charge is 2.52. The van der Waals surface area contributed by atoms with E-state index in [1.54, 1.807) is 6.07 Å². The van der Waals surface area contributed by atoms with Gasteiger partial charge < -0.3 is 10.2 Å². The second-order valence-corrected chi connectivity index (χ2v) is 9.30. The van der Waals surface area contributed by atoms with E-state index < -0.39 is 26.4 Å². The molecule has 29 heavy (non-hydrogen) atoms. The van der Waals surface area contributed by atoms with E-state index in [1.165, 1.54) is 24.3 Å². The molecule has 1 atom stereocenters. The molecule has 0 saturated heterocycles. The van der Waals surface area contributed by atoms with Gasteiger partial charge in [-0.2, -0.15) is 8.42 Å². The van der Waals surface area contributed by atoms with Crippen LogP contribution in [0, 0.1) is 0 Å². The number of benzene rings is 3. The maximum Gasteiger partial charge on any atom is 0.283 e. The van der Waals surface area contributed by atoms with Gasteiger partial charge in [-0.15, -0.1) is 0 Å². The highest BCUT2D eigenvalue weighted by atomic mass is 35.5. The molecule has 3 aromatic carbocycles. The molecule has 0 fully saturated rings. The number of phenols is 2. The summed E-state index contributed by atoms with van der Waals surface area (Å²) in [4.78, 5) is 0. The summed E-state index contributed by atoms with van der Waals surface area (Å²) in [6.45, 7) is 0. The molecule has 0 aliphatic rings. The Morgan fingerprint density at radius 1 is 0.690 bits per heavy atom. The molecule has 3 N–H and O–H groups in total. The molecular formula is C19H12Cl4O5S. The van der Waals surface area contributed by atoms with E-state index in [-0.39, 0.29) is 36.8 Å². The van der Waals surface area contributed by atoms with Gasteiger partial charge in [-0.05, 0) is 36.4 Å². The van der Waals surface area contributed by atoms with Gasteiger partial charge in [0.25, 0.3) is 10.1 Å². The zero-order valence-corrected chi connectivity index (χ0v) is 18.1. The largest absolute Gasteiger partial charge is 0.508 e. The molecule has 1 unspecified atom stereocenters. The quantitative estimate of drug-likeness (QED) is 0.311. The fourth-order valence-corrected chi connectivity index (χ4v) is 5.63. The standard InChI is InChI=1S/C19H12Cl4O5S/c20-10-5-6-17(24)13(7-10)19(29(26,27)28,11-3-1-2-4-14(11)21)12-8-18(25)16(23)9-15(12)22/h1-9,24-25H,(H,26,27,28). The fraction of sp³-hybridized carbons (Fsp3) is 0.0526. The first kappa shape index (κ1) is 22.0. The average molecular weight is 494 g/mol. The maximum atomic E-state index is 13.0. The Morgan fingerprint density at radius 3 is 1.97 bits per heavy atom. The molecule has 152 valence electrons. The van der Waals surface area contributed by atoms with Crippen molar-refractivity contribution in [2.75, 3.05) is 0 Å². The van der Waals surface area contributed by atoms with Gasteiger partial charge >= 0.3 is 0 Å². The Labute approximate surface area is 186 Å². The third kappa shape index (κ3) is 3.65. The van der Waals surface area contributed by atoms with Crippen LogP contribution in [0.25, 0.3) is 0 Å². The van der Waals surface area contributed by atoms with Gasteiger partial charge in [0.05, 0.1) is 5.02 Å². The van der Waals surface area contributed by atoms with E-state index in [2.05, 4.69) is 0 Å². The molecular weight excluding hydrogens is 482 g/mol. The molecule has 0 radical (unpaired) electrons.